The topological polar surface area (TPSA) is 26.3 Å². The SMILES string of the molecule is COC(=O)C/C=C/c1cc(C)cc(C)c1. The number of benzene rings is 1. The number of ether oxygens (including phenoxy) is 1. The summed E-state index contributed by atoms with van der Waals surface area (Å²) in [6.07, 6.45) is 4.08. The van der Waals surface area contributed by atoms with E-state index in [1.54, 1.807) is 0 Å². The molecule has 0 radical (unpaired) electrons. The fraction of sp³-hybridized carbons (Fsp3) is 0.308. The van der Waals surface area contributed by atoms with Crippen molar-refractivity contribution in [1.82, 2.24) is 0 Å². The minimum absolute atomic E-state index is 0.212. The molecule has 2 heteroatoms. The van der Waals surface area contributed by atoms with Gasteiger partial charge in [0.1, 0.15) is 0 Å². The van der Waals surface area contributed by atoms with Gasteiger partial charge >= 0.3 is 5.97 Å². The first-order chi connectivity index (χ1) is 7.11. The number of hydrogen-bond donors (Lipinski definition) is 0. The third-order valence-corrected chi connectivity index (χ3v) is 2.07. The van der Waals surface area contributed by atoms with Gasteiger partial charge in [0, 0.05) is 0 Å². The van der Waals surface area contributed by atoms with Gasteiger partial charge in [0.15, 0.2) is 0 Å². The molecule has 2 nitrogen and oxygen atoms in total. The summed E-state index contributed by atoms with van der Waals surface area (Å²) in [7, 11) is 1.40. The van der Waals surface area contributed by atoms with E-state index in [2.05, 4.69) is 36.8 Å². The van der Waals surface area contributed by atoms with Crippen molar-refractivity contribution >= 4 is 12.0 Å². The monoisotopic (exact) mass is 204 g/mol. The standard InChI is InChI=1S/C13H16O2/c1-10-7-11(2)9-12(8-10)5-4-6-13(14)15-3/h4-5,7-9H,6H2,1-3H3/b5-4+. The van der Waals surface area contributed by atoms with Gasteiger partial charge < -0.3 is 4.74 Å². The van der Waals surface area contributed by atoms with Gasteiger partial charge in [-0.05, 0) is 19.4 Å². The predicted octanol–water partition coefficient (Wildman–Crippen LogP) is 2.88. The van der Waals surface area contributed by atoms with E-state index in [1.165, 1.54) is 18.2 Å². The fourth-order valence-electron chi connectivity index (χ4n) is 1.48. The molecule has 0 heterocycles. The second-order valence-electron chi connectivity index (χ2n) is 3.60. The van der Waals surface area contributed by atoms with Crippen molar-refractivity contribution in [3.8, 4) is 0 Å². The summed E-state index contributed by atoms with van der Waals surface area (Å²) in [5, 5.41) is 0. The molecule has 0 aliphatic rings. The van der Waals surface area contributed by atoms with Crippen molar-refractivity contribution < 1.29 is 9.53 Å². The van der Waals surface area contributed by atoms with Crippen LogP contribution in [0.4, 0.5) is 0 Å². The minimum atomic E-state index is -0.212. The highest BCUT2D eigenvalue weighted by molar-refractivity contribution is 5.72. The summed E-state index contributed by atoms with van der Waals surface area (Å²) in [4.78, 5) is 10.9. The molecule has 0 saturated carbocycles. The van der Waals surface area contributed by atoms with Crippen LogP contribution in [-0.4, -0.2) is 13.1 Å². The molecular weight excluding hydrogens is 188 g/mol. The van der Waals surface area contributed by atoms with Gasteiger partial charge in [-0.3, -0.25) is 4.79 Å². The Bertz CT molecular complexity index is 358. The van der Waals surface area contributed by atoms with Crippen molar-refractivity contribution in [3.63, 3.8) is 0 Å². The molecule has 0 N–H and O–H groups in total. The van der Waals surface area contributed by atoms with E-state index in [1.807, 2.05) is 12.2 Å². The Balaban J connectivity index is 2.68. The Labute approximate surface area is 90.6 Å². The molecule has 0 fully saturated rings. The third kappa shape index (κ3) is 3.98. The maximum atomic E-state index is 10.9. The lowest BCUT2D eigenvalue weighted by atomic mass is 10.1. The molecule has 0 amide bonds. The molecule has 0 aliphatic heterocycles. The second-order valence-corrected chi connectivity index (χ2v) is 3.60. The number of aryl methyl sites for hydroxylation is 2. The highest BCUT2D eigenvalue weighted by atomic mass is 16.5. The Kier molecular flexibility index (Phi) is 4.10. The molecule has 0 saturated heterocycles. The van der Waals surface area contributed by atoms with Crippen LogP contribution in [0.25, 0.3) is 6.08 Å². The predicted molar refractivity (Wildman–Crippen MR) is 61.6 cm³/mol. The zero-order chi connectivity index (χ0) is 11.3. The fourth-order valence-corrected chi connectivity index (χ4v) is 1.48. The van der Waals surface area contributed by atoms with E-state index in [4.69, 9.17) is 0 Å². The van der Waals surface area contributed by atoms with E-state index < -0.39 is 0 Å². The number of rotatable bonds is 3. The molecule has 80 valence electrons. The Morgan fingerprint density at radius 1 is 1.27 bits per heavy atom. The van der Waals surface area contributed by atoms with Gasteiger partial charge in [0.05, 0.1) is 13.5 Å². The smallest absolute Gasteiger partial charge is 0.309 e. The van der Waals surface area contributed by atoms with E-state index in [0.29, 0.717) is 6.42 Å². The summed E-state index contributed by atoms with van der Waals surface area (Å²) < 4.78 is 4.55. The Morgan fingerprint density at radius 2 is 1.87 bits per heavy atom. The van der Waals surface area contributed by atoms with Crippen LogP contribution in [-0.2, 0) is 9.53 Å². The maximum Gasteiger partial charge on any atom is 0.309 e. The summed E-state index contributed by atoms with van der Waals surface area (Å²) >= 11 is 0. The van der Waals surface area contributed by atoms with Crippen LogP contribution in [0.15, 0.2) is 24.3 Å². The first-order valence-corrected chi connectivity index (χ1v) is 4.93. The summed E-state index contributed by atoms with van der Waals surface area (Å²) in [5.74, 6) is -0.212. The molecule has 0 aromatic heterocycles. The molecule has 0 spiro atoms. The zero-order valence-electron chi connectivity index (χ0n) is 9.41. The van der Waals surface area contributed by atoms with Gasteiger partial charge in [-0.1, -0.05) is 41.5 Å². The van der Waals surface area contributed by atoms with Gasteiger partial charge in [-0.25, -0.2) is 0 Å². The largest absolute Gasteiger partial charge is 0.469 e. The Morgan fingerprint density at radius 3 is 2.40 bits per heavy atom. The minimum Gasteiger partial charge on any atom is -0.469 e. The molecule has 0 bridgehead atoms. The van der Waals surface area contributed by atoms with E-state index in [-0.39, 0.29) is 5.97 Å². The van der Waals surface area contributed by atoms with E-state index in [9.17, 15) is 4.79 Å². The molecule has 1 rings (SSSR count). The number of methoxy groups -OCH3 is 1. The van der Waals surface area contributed by atoms with E-state index in [0.717, 1.165) is 5.56 Å². The van der Waals surface area contributed by atoms with Crippen LogP contribution in [0.3, 0.4) is 0 Å². The van der Waals surface area contributed by atoms with Gasteiger partial charge in [-0.2, -0.15) is 0 Å². The summed E-state index contributed by atoms with van der Waals surface area (Å²) in [6, 6.07) is 6.29. The van der Waals surface area contributed by atoms with Crippen LogP contribution >= 0.6 is 0 Å². The second kappa shape index (κ2) is 5.35. The lowest BCUT2D eigenvalue weighted by Crippen LogP contribution is -1.96. The van der Waals surface area contributed by atoms with Crippen molar-refractivity contribution in [3.05, 3.63) is 41.0 Å². The van der Waals surface area contributed by atoms with Crippen LogP contribution in [0.5, 0.6) is 0 Å². The highest BCUT2D eigenvalue weighted by Crippen LogP contribution is 2.10. The van der Waals surface area contributed by atoms with Crippen molar-refractivity contribution in [2.24, 2.45) is 0 Å². The zero-order valence-corrected chi connectivity index (χ0v) is 9.41. The van der Waals surface area contributed by atoms with E-state index >= 15 is 0 Å². The van der Waals surface area contributed by atoms with Crippen LogP contribution < -0.4 is 0 Å². The quantitative estimate of drug-likeness (QED) is 0.708. The van der Waals surface area contributed by atoms with Gasteiger partial charge in [-0.15, -0.1) is 0 Å². The molecule has 0 unspecified atom stereocenters. The number of carbonyl (C=O) groups is 1. The van der Waals surface area contributed by atoms with Crippen LogP contribution in [0, 0.1) is 13.8 Å². The molecule has 1 aromatic carbocycles. The van der Waals surface area contributed by atoms with Gasteiger partial charge in [0.2, 0.25) is 0 Å². The Hall–Kier alpha value is -1.57. The first kappa shape index (κ1) is 11.5. The van der Waals surface area contributed by atoms with Crippen LogP contribution in [0.1, 0.15) is 23.1 Å². The molecule has 1 aromatic rings. The lowest BCUT2D eigenvalue weighted by Gasteiger charge is -1.99. The highest BCUT2D eigenvalue weighted by Gasteiger charge is 1.95. The molecule has 0 atom stereocenters. The summed E-state index contributed by atoms with van der Waals surface area (Å²) in [5.41, 5.74) is 3.58. The lowest BCUT2D eigenvalue weighted by molar-refractivity contribution is -0.139. The number of hydrogen-bond acceptors (Lipinski definition) is 2. The van der Waals surface area contributed by atoms with Gasteiger partial charge in [0.25, 0.3) is 0 Å². The number of esters is 1. The van der Waals surface area contributed by atoms with Crippen molar-refractivity contribution in [2.75, 3.05) is 7.11 Å². The maximum absolute atomic E-state index is 10.9. The summed E-state index contributed by atoms with van der Waals surface area (Å²) in [6.45, 7) is 4.12. The van der Waals surface area contributed by atoms with Crippen LogP contribution in [0.2, 0.25) is 0 Å². The number of carbonyl (C=O) groups excluding carboxylic acids is 1. The average Bonchev–Trinajstić information content (AvgIpc) is 2.16. The molecule has 0 aliphatic carbocycles. The molecule has 15 heavy (non-hydrogen) atoms. The van der Waals surface area contributed by atoms with Crippen molar-refractivity contribution in [2.45, 2.75) is 20.3 Å². The third-order valence-electron chi connectivity index (χ3n) is 2.07. The average molecular weight is 204 g/mol. The van der Waals surface area contributed by atoms with Crippen molar-refractivity contribution in [1.29, 1.82) is 0 Å². The first-order valence-electron chi connectivity index (χ1n) is 4.93. The normalized spacial score (nSPS) is 10.6. The molecular formula is C13H16O2.